The monoisotopic (exact) mass is 786 g/mol. The SMILES string of the molecule is CC/C=C/C=C/C=C/CCCCCCCC(=O)OC(COC(=O)CCCCCCC/C=C/C/C=C/CC)COP(=O)(O)OC1C(O)C(O)C(O)[C@@H](O)C1O. The van der Waals surface area contributed by atoms with Crippen molar-refractivity contribution in [3.63, 3.8) is 0 Å². The maximum absolute atomic E-state index is 12.7. The largest absolute Gasteiger partial charge is 0.472 e. The molecule has 1 aliphatic carbocycles. The summed E-state index contributed by atoms with van der Waals surface area (Å²) < 4.78 is 33.3. The van der Waals surface area contributed by atoms with Crippen molar-refractivity contribution >= 4 is 19.8 Å². The van der Waals surface area contributed by atoms with Gasteiger partial charge in [0.2, 0.25) is 0 Å². The molecule has 13 nitrogen and oxygen atoms in total. The molecule has 1 rings (SSSR count). The Kier molecular flexibility index (Phi) is 28.2. The van der Waals surface area contributed by atoms with Gasteiger partial charge in [-0.05, 0) is 57.8 Å². The molecule has 54 heavy (non-hydrogen) atoms. The fourth-order valence-corrected chi connectivity index (χ4v) is 6.47. The van der Waals surface area contributed by atoms with Gasteiger partial charge in [-0.1, -0.05) is 113 Å². The van der Waals surface area contributed by atoms with Crippen molar-refractivity contribution in [3.8, 4) is 0 Å². The summed E-state index contributed by atoms with van der Waals surface area (Å²) in [5, 5.41) is 49.9. The average molecular weight is 787 g/mol. The van der Waals surface area contributed by atoms with Crippen LogP contribution < -0.4 is 0 Å². The van der Waals surface area contributed by atoms with Gasteiger partial charge in [0.15, 0.2) is 6.10 Å². The summed E-state index contributed by atoms with van der Waals surface area (Å²) in [6, 6.07) is 0. The Morgan fingerprint density at radius 2 is 1.09 bits per heavy atom. The summed E-state index contributed by atoms with van der Waals surface area (Å²) in [6.45, 7) is 2.98. The fraction of sp³-hybridized carbons (Fsp3) is 0.700. The van der Waals surface area contributed by atoms with Crippen LogP contribution in [-0.4, -0.2) is 98.3 Å². The molecule has 1 saturated carbocycles. The van der Waals surface area contributed by atoms with Crippen molar-refractivity contribution in [2.75, 3.05) is 13.2 Å². The molecule has 0 amide bonds. The highest BCUT2D eigenvalue weighted by atomic mass is 31.2. The van der Waals surface area contributed by atoms with Crippen LogP contribution in [0, 0.1) is 0 Å². The lowest BCUT2D eigenvalue weighted by Crippen LogP contribution is -2.64. The van der Waals surface area contributed by atoms with Gasteiger partial charge in [0.05, 0.1) is 6.61 Å². The molecule has 0 heterocycles. The molecule has 7 unspecified atom stereocenters. The van der Waals surface area contributed by atoms with Crippen molar-refractivity contribution in [3.05, 3.63) is 60.8 Å². The molecule has 1 aliphatic rings. The van der Waals surface area contributed by atoms with E-state index in [9.17, 15) is 44.6 Å². The first kappa shape index (κ1) is 49.6. The first-order valence-electron chi connectivity index (χ1n) is 19.6. The summed E-state index contributed by atoms with van der Waals surface area (Å²) in [7, 11) is -5.12. The highest BCUT2D eigenvalue weighted by Crippen LogP contribution is 2.47. The molecule has 6 N–H and O–H groups in total. The molecule has 14 heteroatoms. The van der Waals surface area contributed by atoms with Crippen molar-refractivity contribution in [1.29, 1.82) is 0 Å². The van der Waals surface area contributed by atoms with Crippen LogP contribution in [0.5, 0.6) is 0 Å². The van der Waals surface area contributed by atoms with Crippen LogP contribution in [0.2, 0.25) is 0 Å². The number of hydrogen-bond donors (Lipinski definition) is 6. The molecule has 8 atom stereocenters. The molecule has 0 aromatic heterocycles. The molecule has 310 valence electrons. The summed E-state index contributed by atoms with van der Waals surface area (Å²) in [5.74, 6) is -1.15. The highest BCUT2D eigenvalue weighted by molar-refractivity contribution is 7.47. The second kappa shape index (κ2) is 30.7. The highest BCUT2D eigenvalue weighted by Gasteiger charge is 2.51. The molecule has 1 fully saturated rings. The molecule has 0 aliphatic heterocycles. The molecule has 0 spiro atoms. The van der Waals surface area contributed by atoms with Crippen LogP contribution in [0.15, 0.2) is 60.8 Å². The Labute approximate surface area is 322 Å². The number of aliphatic hydroxyl groups excluding tert-OH is 5. The number of hydrogen-bond acceptors (Lipinski definition) is 12. The van der Waals surface area contributed by atoms with Crippen LogP contribution >= 0.6 is 7.82 Å². The van der Waals surface area contributed by atoms with Crippen molar-refractivity contribution in [2.24, 2.45) is 0 Å². The van der Waals surface area contributed by atoms with E-state index in [0.717, 1.165) is 83.5 Å². The van der Waals surface area contributed by atoms with Gasteiger partial charge in [0.1, 0.15) is 43.2 Å². The summed E-state index contributed by atoms with van der Waals surface area (Å²) in [5.41, 5.74) is 0. The quantitative estimate of drug-likeness (QED) is 0.0157. The van der Waals surface area contributed by atoms with Crippen LogP contribution in [0.4, 0.5) is 0 Å². The molecule has 0 aromatic carbocycles. The van der Waals surface area contributed by atoms with Gasteiger partial charge < -0.3 is 39.9 Å². The molecular weight excluding hydrogens is 719 g/mol. The van der Waals surface area contributed by atoms with Gasteiger partial charge >= 0.3 is 19.8 Å². The predicted octanol–water partition coefficient (Wildman–Crippen LogP) is 6.21. The minimum absolute atomic E-state index is 0.0674. The van der Waals surface area contributed by atoms with E-state index in [2.05, 4.69) is 50.3 Å². The van der Waals surface area contributed by atoms with Crippen LogP contribution in [0.1, 0.15) is 123 Å². The lowest BCUT2D eigenvalue weighted by atomic mass is 9.85. The van der Waals surface area contributed by atoms with Crippen molar-refractivity contribution in [1.82, 2.24) is 0 Å². The molecular formula is C40H67O13P. The normalized spacial score (nSPS) is 23.9. The second-order valence-corrected chi connectivity index (χ2v) is 14.8. The first-order chi connectivity index (χ1) is 25.9. The smallest absolute Gasteiger partial charge is 0.462 e. The van der Waals surface area contributed by atoms with Crippen molar-refractivity contribution < 1.29 is 63.1 Å². The number of esters is 2. The third kappa shape index (κ3) is 23.5. The minimum atomic E-state index is -5.12. The van der Waals surface area contributed by atoms with Gasteiger partial charge in [-0.15, -0.1) is 0 Å². The van der Waals surface area contributed by atoms with Crippen LogP contribution in [-0.2, 0) is 32.7 Å². The number of aliphatic hydroxyl groups is 5. The first-order valence-corrected chi connectivity index (χ1v) is 21.1. The van der Waals surface area contributed by atoms with Crippen molar-refractivity contribution in [2.45, 2.75) is 166 Å². The van der Waals surface area contributed by atoms with E-state index in [1.807, 2.05) is 24.3 Å². The van der Waals surface area contributed by atoms with E-state index in [1.54, 1.807) is 0 Å². The van der Waals surface area contributed by atoms with Gasteiger partial charge in [-0.3, -0.25) is 18.6 Å². The van der Waals surface area contributed by atoms with Crippen LogP contribution in [0.25, 0.3) is 0 Å². The minimum Gasteiger partial charge on any atom is -0.462 e. The summed E-state index contributed by atoms with van der Waals surface area (Å²) in [6.07, 6.45) is 21.6. The average Bonchev–Trinajstić information content (AvgIpc) is 3.15. The topological polar surface area (TPSA) is 210 Å². The van der Waals surface area contributed by atoms with Gasteiger partial charge in [0, 0.05) is 12.8 Å². The predicted molar refractivity (Wildman–Crippen MR) is 207 cm³/mol. The molecule has 0 radical (unpaired) electrons. The van der Waals surface area contributed by atoms with E-state index in [0.29, 0.717) is 12.8 Å². The Balaban J connectivity index is 2.57. The third-order valence-electron chi connectivity index (χ3n) is 8.67. The van der Waals surface area contributed by atoms with E-state index in [-0.39, 0.29) is 12.8 Å². The number of rotatable bonds is 30. The lowest BCUT2D eigenvalue weighted by Gasteiger charge is -2.41. The molecule has 0 aromatic rings. The summed E-state index contributed by atoms with van der Waals surface area (Å²) in [4.78, 5) is 35.5. The number of phosphoric acid groups is 1. The van der Waals surface area contributed by atoms with Gasteiger partial charge in [-0.25, -0.2) is 4.57 Å². The van der Waals surface area contributed by atoms with E-state index in [4.69, 9.17) is 18.5 Å². The fourth-order valence-electron chi connectivity index (χ4n) is 5.50. The Bertz CT molecular complexity index is 1180. The number of unbranched alkanes of at least 4 members (excludes halogenated alkanes) is 10. The molecule has 0 saturated heterocycles. The number of carbonyl (C=O) groups excluding carboxylic acids is 2. The Morgan fingerprint density at radius 1 is 0.593 bits per heavy atom. The zero-order chi connectivity index (χ0) is 40.0. The standard InChI is InChI=1S/C40H67O13P/c1-3-5-7-9-11-13-15-17-19-21-23-25-27-29-34(42)52-32(30-50-33(41)28-26-24-22-20-18-16-14-12-10-8-6-4-2)31-51-54(48,49)53-40-38(46)36(44)35(43)37(45)39(40)47/h5-9,11-15,32,35-40,43-47H,3-4,10,16-31H2,1-2H3,(H,48,49)/b7-5+,8-6+,11-9+,14-12+,15-13+/t32?,35?,36-,37?,38?,39?,40?/m1/s1. The summed E-state index contributed by atoms with van der Waals surface area (Å²) >= 11 is 0. The van der Waals surface area contributed by atoms with E-state index in [1.165, 1.54) is 0 Å². The third-order valence-corrected chi connectivity index (χ3v) is 9.65. The van der Waals surface area contributed by atoms with E-state index < -0.39 is 75.7 Å². The zero-order valence-electron chi connectivity index (χ0n) is 32.2. The number of phosphoric ester groups is 1. The maximum Gasteiger partial charge on any atom is 0.472 e. The lowest BCUT2D eigenvalue weighted by molar-refractivity contribution is -0.220. The Morgan fingerprint density at radius 3 is 1.70 bits per heavy atom. The number of carbonyl (C=O) groups is 2. The van der Waals surface area contributed by atoms with Gasteiger partial charge in [-0.2, -0.15) is 0 Å². The second-order valence-electron chi connectivity index (χ2n) is 13.4. The number of allylic oxidation sites excluding steroid dienone is 10. The molecule has 0 bridgehead atoms. The number of ether oxygens (including phenoxy) is 2. The zero-order valence-corrected chi connectivity index (χ0v) is 33.1. The van der Waals surface area contributed by atoms with Crippen LogP contribution in [0.3, 0.4) is 0 Å². The van der Waals surface area contributed by atoms with Gasteiger partial charge in [0.25, 0.3) is 0 Å². The van der Waals surface area contributed by atoms with E-state index >= 15 is 0 Å². The maximum atomic E-state index is 12.7. The Hall–Kier alpha value is -2.45.